The molecule has 0 bridgehead atoms. The minimum atomic E-state index is 0.794. The Morgan fingerprint density at radius 2 is 1.00 bits per heavy atom. The van der Waals surface area contributed by atoms with Crippen molar-refractivity contribution in [2.24, 2.45) is 0 Å². The summed E-state index contributed by atoms with van der Waals surface area (Å²) in [5, 5.41) is 3.14. The van der Waals surface area contributed by atoms with Crippen molar-refractivity contribution < 1.29 is 0 Å². The van der Waals surface area contributed by atoms with E-state index in [2.05, 4.69) is 18.8 Å². The van der Waals surface area contributed by atoms with Crippen LogP contribution < -0.4 is 4.98 Å². The summed E-state index contributed by atoms with van der Waals surface area (Å²) in [5.41, 5.74) is 0. The topological polar surface area (TPSA) is 14.1 Å². The molecule has 0 aliphatic carbocycles. The summed E-state index contributed by atoms with van der Waals surface area (Å²) in [5.74, 6) is 0. The fourth-order valence-electron chi connectivity index (χ4n) is 2.53. The van der Waals surface area contributed by atoms with E-state index >= 15 is 0 Å². The van der Waals surface area contributed by atoms with Gasteiger partial charge in [0, 0.05) is 0 Å². The SMILES string of the molecule is CCCCCCC[CH2][Al+][CH2]CCCCCCC.c1cc[n-]c1. The summed E-state index contributed by atoms with van der Waals surface area (Å²) in [6.07, 6.45) is 21.1. The Kier molecular flexibility index (Phi) is 20.6. The van der Waals surface area contributed by atoms with Crippen LogP contribution in [-0.2, 0) is 0 Å². The first kappa shape index (κ1) is 21.8. The molecule has 0 saturated heterocycles. The van der Waals surface area contributed by atoms with Gasteiger partial charge in [0.1, 0.15) is 0 Å². The van der Waals surface area contributed by atoms with Crippen molar-refractivity contribution in [3.05, 3.63) is 24.5 Å². The van der Waals surface area contributed by atoms with Gasteiger partial charge in [-0.2, -0.15) is 12.4 Å². The van der Waals surface area contributed by atoms with Gasteiger partial charge in [0.25, 0.3) is 0 Å². The first-order chi connectivity index (χ1) is 10.9. The first-order valence-electron chi connectivity index (χ1n) is 9.75. The van der Waals surface area contributed by atoms with E-state index in [0.29, 0.717) is 0 Å². The minimum absolute atomic E-state index is 0.794. The van der Waals surface area contributed by atoms with Gasteiger partial charge in [0.05, 0.1) is 0 Å². The van der Waals surface area contributed by atoms with Gasteiger partial charge < -0.3 is 4.98 Å². The zero-order valence-electron chi connectivity index (χ0n) is 15.2. The molecule has 0 N–H and O–H groups in total. The zero-order valence-corrected chi connectivity index (χ0v) is 16.4. The average molecular weight is 320 g/mol. The second-order valence-electron chi connectivity index (χ2n) is 6.23. The maximum atomic E-state index is 3.72. The Bertz CT molecular complexity index is 227. The maximum Gasteiger partial charge on any atom is -0.0860 e. The van der Waals surface area contributed by atoms with Crippen molar-refractivity contribution in [3.63, 3.8) is 0 Å². The predicted molar refractivity (Wildman–Crippen MR) is 102 cm³/mol. The average Bonchev–Trinajstić information content (AvgIpc) is 3.12. The van der Waals surface area contributed by atoms with Crippen LogP contribution >= 0.6 is 0 Å². The van der Waals surface area contributed by atoms with Crippen molar-refractivity contribution in [2.75, 3.05) is 0 Å². The molecule has 0 atom stereocenters. The van der Waals surface area contributed by atoms with Gasteiger partial charge in [-0.05, 0) is 0 Å². The van der Waals surface area contributed by atoms with Crippen molar-refractivity contribution in [1.82, 2.24) is 4.98 Å². The quantitative estimate of drug-likeness (QED) is 0.269. The van der Waals surface area contributed by atoms with Crippen LogP contribution in [0.15, 0.2) is 24.5 Å². The van der Waals surface area contributed by atoms with Gasteiger partial charge >= 0.3 is 117 Å². The summed E-state index contributed by atoms with van der Waals surface area (Å²) < 4.78 is 0. The number of nitrogens with zero attached hydrogens (tertiary/aromatic N) is 1. The monoisotopic (exact) mass is 319 g/mol. The Morgan fingerprint density at radius 3 is 1.36 bits per heavy atom. The summed E-state index contributed by atoms with van der Waals surface area (Å²) in [6, 6.07) is 3.78. The molecular formula is C20H38AlN. The second-order valence-corrected chi connectivity index (χ2v) is 7.97. The molecule has 1 aromatic rings. The van der Waals surface area contributed by atoms with Crippen LogP contribution in [0, 0.1) is 0 Å². The zero-order chi connectivity index (χ0) is 16.1. The molecule has 0 aliphatic rings. The summed E-state index contributed by atoms with van der Waals surface area (Å²) >= 11 is 0.794. The Balaban J connectivity index is 0.000000734. The molecule has 0 aromatic carbocycles. The van der Waals surface area contributed by atoms with Gasteiger partial charge in [-0.3, -0.25) is 0 Å². The molecule has 1 nitrogen and oxygen atoms in total. The van der Waals surface area contributed by atoms with Crippen molar-refractivity contribution in [3.8, 4) is 0 Å². The molecule has 1 aromatic heterocycles. The molecule has 0 spiro atoms. The number of unbranched alkanes of at least 4 members (excludes halogenated alkanes) is 10. The maximum absolute atomic E-state index is 3.72. The van der Waals surface area contributed by atoms with Crippen LogP contribution in [0.4, 0.5) is 0 Å². The molecule has 0 unspecified atom stereocenters. The van der Waals surface area contributed by atoms with Crippen molar-refractivity contribution in [1.29, 1.82) is 0 Å². The largest absolute Gasteiger partial charge is 0.670 e. The van der Waals surface area contributed by atoms with Crippen LogP contribution in [-0.4, -0.2) is 15.2 Å². The van der Waals surface area contributed by atoms with E-state index in [1.807, 2.05) is 12.1 Å². The molecule has 22 heavy (non-hydrogen) atoms. The third-order valence-electron chi connectivity index (χ3n) is 3.98. The van der Waals surface area contributed by atoms with Crippen LogP contribution in [0.3, 0.4) is 0 Å². The Hall–Kier alpha value is -0.188. The Morgan fingerprint density at radius 1 is 0.591 bits per heavy atom. The van der Waals surface area contributed by atoms with Crippen LogP contribution in [0.5, 0.6) is 0 Å². The van der Waals surface area contributed by atoms with E-state index in [9.17, 15) is 0 Å². The Labute approximate surface area is 146 Å². The predicted octanol–water partition coefficient (Wildman–Crippen LogP) is 6.89. The molecule has 1 heterocycles. The molecule has 0 fully saturated rings. The third-order valence-corrected chi connectivity index (χ3v) is 5.61. The molecule has 126 valence electrons. The third kappa shape index (κ3) is 19.8. The van der Waals surface area contributed by atoms with Crippen LogP contribution in [0.25, 0.3) is 0 Å². The molecular weight excluding hydrogens is 281 g/mol. The van der Waals surface area contributed by atoms with Gasteiger partial charge in [-0.25, -0.2) is 0 Å². The summed E-state index contributed by atoms with van der Waals surface area (Å²) in [4.78, 5) is 3.72. The number of aromatic nitrogens is 1. The van der Waals surface area contributed by atoms with Crippen LogP contribution in [0.2, 0.25) is 10.6 Å². The number of hydrogen-bond donors (Lipinski definition) is 0. The van der Waals surface area contributed by atoms with Gasteiger partial charge in [0.2, 0.25) is 0 Å². The van der Waals surface area contributed by atoms with E-state index in [-0.39, 0.29) is 0 Å². The molecule has 0 aliphatic heterocycles. The number of hydrogen-bond acceptors (Lipinski definition) is 0. The molecule has 0 saturated carbocycles. The fraction of sp³-hybridized carbons (Fsp3) is 0.800. The second kappa shape index (κ2) is 20.8. The van der Waals surface area contributed by atoms with Gasteiger partial charge in [-0.1, -0.05) is 12.1 Å². The van der Waals surface area contributed by atoms with E-state index in [4.69, 9.17) is 0 Å². The van der Waals surface area contributed by atoms with Crippen molar-refractivity contribution >= 4 is 15.2 Å². The number of rotatable bonds is 14. The molecule has 0 amide bonds. The first-order valence-corrected chi connectivity index (χ1v) is 11.4. The standard InChI is InChI=1S/2C8H17.C4H4N.Al/c2*1-3-5-7-8-6-4-2;1-2-4-5-3-1;/h2*1,3-8H2,2H3;1-4H;/q;;-1;+1. The molecule has 1 rings (SSSR count). The van der Waals surface area contributed by atoms with E-state index in [1.54, 1.807) is 23.0 Å². The van der Waals surface area contributed by atoms with Crippen LogP contribution in [0.1, 0.15) is 90.9 Å². The van der Waals surface area contributed by atoms with Crippen molar-refractivity contribution in [2.45, 2.75) is 101 Å². The summed E-state index contributed by atoms with van der Waals surface area (Å²) in [6.45, 7) is 4.59. The minimum Gasteiger partial charge on any atom is -0.670 e. The molecule has 0 radical (unpaired) electrons. The smallest absolute Gasteiger partial charge is 0.0860 e. The van der Waals surface area contributed by atoms with E-state index < -0.39 is 0 Å². The van der Waals surface area contributed by atoms with E-state index in [0.717, 1.165) is 15.2 Å². The van der Waals surface area contributed by atoms with E-state index in [1.165, 1.54) is 77.0 Å². The summed E-state index contributed by atoms with van der Waals surface area (Å²) in [7, 11) is 0. The normalized spacial score (nSPS) is 9.91. The van der Waals surface area contributed by atoms with Gasteiger partial charge in [-0.15, -0.1) is 0 Å². The molecule has 2 heteroatoms. The van der Waals surface area contributed by atoms with Gasteiger partial charge in [0.15, 0.2) is 0 Å². The fourth-order valence-corrected chi connectivity index (χ4v) is 3.97.